The lowest BCUT2D eigenvalue weighted by Gasteiger charge is -2.37. The van der Waals surface area contributed by atoms with Gasteiger partial charge in [-0.15, -0.1) is 0 Å². The van der Waals surface area contributed by atoms with Crippen molar-refractivity contribution in [2.45, 2.75) is 25.9 Å². The van der Waals surface area contributed by atoms with Crippen LogP contribution in [0.1, 0.15) is 37.0 Å². The van der Waals surface area contributed by atoms with Crippen molar-refractivity contribution >= 4 is 33.3 Å². The van der Waals surface area contributed by atoms with Crippen molar-refractivity contribution in [3.63, 3.8) is 0 Å². The molecule has 0 saturated carbocycles. The maximum Gasteiger partial charge on any atom is 0.412 e. The van der Waals surface area contributed by atoms with E-state index in [4.69, 9.17) is 4.74 Å². The van der Waals surface area contributed by atoms with Gasteiger partial charge in [-0.25, -0.2) is 4.79 Å². The maximum atomic E-state index is 12.9. The zero-order chi connectivity index (χ0) is 21.0. The first-order chi connectivity index (χ1) is 14.6. The van der Waals surface area contributed by atoms with Crippen LogP contribution in [0.3, 0.4) is 0 Å². The van der Waals surface area contributed by atoms with Crippen molar-refractivity contribution in [3.05, 3.63) is 107 Å². The van der Waals surface area contributed by atoms with E-state index in [0.29, 0.717) is 5.69 Å². The normalized spacial score (nSPS) is 19.1. The minimum Gasteiger partial charge on any atom is -0.440 e. The third kappa shape index (κ3) is 4.34. The summed E-state index contributed by atoms with van der Waals surface area (Å²) < 4.78 is 7.06. The van der Waals surface area contributed by atoms with Crippen molar-refractivity contribution in [2.24, 2.45) is 5.41 Å². The Kier molecular flexibility index (Phi) is 6.05. The number of benzene rings is 3. The summed E-state index contributed by atoms with van der Waals surface area (Å²) in [5.74, 6) is 0. The summed E-state index contributed by atoms with van der Waals surface area (Å²) in [5.41, 5.74) is 3.78. The summed E-state index contributed by atoms with van der Waals surface area (Å²) in [6.45, 7) is 2.20. The highest BCUT2D eigenvalue weighted by molar-refractivity contribution is 9.10. The molecule has 0 aliphatic heterocycles. The molecule has 1 aliphatic carbocycles. The number of nitrogens with one attached hydrogen (secondary N) is 1. The molecule has 4 rings (SSSR count). The highest BCUT2D eigenvalue weighted by Gasteiger charge is 2.43. The van der Waals surface area contributed by atoms with Gasteiger partial charge in [0.25, 0.3) is 0 Å². The van der Waals surface area contributed by atoms with E-state index in [0.717, 1.165) is 22.9 Å². The van der Waals surface area contributed by atoms with Gasteiger partial charge in [0, 0.05) is 15.6 Å². The van der Waals surface area contributed by atoms with Gasteiger partial charge in [0.05, 0.1) is 0 Å². The Bertz CT molecular complexity index is 1030. The zero-order valence-corrected chi connectivity index (χ0v) is 18.4. The number of allylic oxidation sites excluding steroid dienone is 1. The second kappa shape index (κ2) is 8.88. The van der Waals surface area contributed by atoms with Crippen LogP contribution in [0.4, 0.5) is 10.5 Å². The zero-order valence-electron chi connectivity index (χ0n) is 16.8. The summed E-state index contributed by atoms with van der Waals surface area (Å²) in [6, 6.07) is 27.8. The molecule has 0 aromatic heterocycles. The van der Waals surface area contributed by atoms with Crippen LogP contribution < -0.4 is 5.32 Å². The van der Waals surface area contributed by atoms with Gasteiger partial charge in [-0.3, -0.25) is 5.32 Å². The fraction of sp³-hybridized carbons (Fsp3) is 0.192. The van der Waals surface area contributed by atoms with Gasteiger partial charge in [0.15, 0.2) is 0 Å². The number of ether oxygens (including phenoxy) is 1. The molecule has 0 radical (unpaired) electrons. The molecule has 3 aromatic rings. The summed E-state index contributed by atoms with van der Waals surface area (Å²) >= 11 is 3.41. The number of rotatable bonds is 5. The number of carbonyl (C=O) groups excluding carboxylic acids is 1. The Balaban J connectivity index is 1.64. The van der Waals surface area contributed by atoms with E-state index in [2.05, 4.69) is 46.4 Å². The van der Waals surface area contributed by atoms with Crippen LogP contribution in [0.25, 0.3) is 5.57 Å². The molecular weight excluding hydrogens is 438 g/mol. The molecule has 2 atom stereocenters. The lowest BCUT2D eigenvalue weighted by molar-refractivity contribution is 0.0486. The van der Waals surface area contributed by atoms with Crippen molar-refractivity contribution in [1.29, 1.82) is 0 Å². The Labute approximate surface area is 185 Å². The summed E-state index contributed by atoms with van der Waals surface area (Å²) in [6.07, 6.45) is 3.31. The van der Waals surface area contributed by atoms with E-state index >= 15 is 0 Å². The van der Waals surface area contributed by atoms with Gasteiger partial charge in [0.1, 0.15) is 6.10 Å². The largest absolute Gasteiger partial charge is 0.440 e. The summed E-state index contributed by atoms with van der Waals surface area (Å²) in [7, 11) is 0. The highest BCUT2D eigenvalue weighted by Crippen LogP contribution is 2.53. The van der Waals surface area contributed by atoms with E-state index in [9.17, 15) is 4.79 Å². The summed E-state index contributed by atoms with van der Waals surface area (Å²) in [5, 5.41) is 2.86. The fourth-order valence-corrected chi connectivity index (χ4v) is 4.47. The molecular formula is C26H24BrNO2. The lowest BCUT2D eigenvalue weighted by Crippen LogP contribution is -2.30. The molecule has 1 amide bonds. The molecule has 30 heavy (non-hydrogen) atoms. The standard InChI is InChI=1S/C26H24BrNO2/c1-26(18-8-13-23(26)19-9-4-2-5-10-19)24(20-11-6-3-7-12-20)30-25(29)28-22-16-14-21(27)15-17-22/h2-7,9-17,24H,8,18H2,1H3,(H,28,29)/t24-,26-/m1/s1. The monoisotopic (exact) mass is 461 g/mol. The summed E-state index contributed by atoms with van der Waals surface area (Å²) in [4.78, 5) is 12.9. The third-order valence-electron chi connectivity index (χ3n) is 5.71. The van der Waals surface area contributed by atoms with Gasteiger partial charge in [-0.2, -0.15) is 0 Å². The first-order valence-corrected chi connectivity index (χ1v) is 10.9. The molecule has 0 spiro atoms. The molecule has 4 heteroatoms. The predicted octanol–water partition coefficient (Wildman–Crippen LogP) is 7.62. The Hall–Kier alpha value is -2.85. The average molecular weight is 462 g/mol. The lowest BCUT2D eigenvalue weighted by atomic mass is 9.73. The minimum atomic E-state index is -0.452. The van der Waals surface area contributed by atoms with Gasteiger partial charge < -0.3 is 4.74 Å². The van der Waals surface area contributed by atoms with Crippen LogP contribution in [-0.4, -0.2) is 6.09 Å². The van der Waals surface area contributed by atoms with Crippen molar-refractivity contribution in [2.75, 3.05) is 5.32 Å². The van der Waals surface area contributed by atoms with E-state index in [1.807, 2.05) is 72.8 Å². The van der Waals surface area contributed by atoms with E-state index < -0.39 is 12.2 Å². The Morgan fingerprint density at radius 2 is 1.60 bits per heavy atom. The quantitative estimate of drug-likeness (QED) is 0.424. The van der Waals surface area contributed by atoms with Crippen LogP contribution in [-0.2, 0) is 4.74 Å². The molecule has 0 fully saturated rings. The van der Waals surface area contributed by atoms with Gasteiger partial charge in [0.2, 0.25) is 0 Å². The van der Waals surface area contributed by atoms with Crippen LogP contribution in [0, 0.1) is 5.41 Å². The van der Waals surface area contributed by atoms with Crippen molar-refractivity contribution < 1.29 is 9.53 Å². The van der Waals surface area contributed by atoms with Crippen LogP contribution >= 0.6 is 15.9 Å². The van der Waals surface area contributed by atoms with E-state index in [-0.39, 0.29) is 5.41 Å². The SMILES string of the molecule is C[C@@]1([C@H](OC(=O)Nc2ccc(Br)cc2)c2ccccc2)CCC=C1c1ccccc1. The first kappa shape index (κ1) is 20.4. The maximum absolute atomic E-state index is 12.9. The number of halogens is 1. The molecule has 0 saturated heterocycles. The molecule has 0 bridgehead atoms. The second-order valence-electron chi connectivity index (χ2n) is 7.77. The fourth-order valence-electron chi connectivity index (χ4n) is 4.20. The molecule has 1 aliphatic rings. The van der Waals surface area contributed by atoms with Crippen LogP contribution in [0.5, 0.6) is 0 Å². The molecule has 0 unspecified atom stereocenters. The number of amides is 1. The highest BCUT2D eigenvalue weighted by atomic mass is 79.9. The predicted molar refractivity (Wildman–Crippen MR) is 125 cm³/mol. The van der Waals surface area contributed by atoms with Gasteiger partial charge in [-0.1, -0.05) is 89.6 Å². The van der Waals surface area contributed by atoms with Crippen LogP contribution in [0.15, 0.2) is 95.5 Å². The van der Waals surface area contributed by atoms with Crippen molar-refractivity contribution in [1.82, 2.24) is 0 Å². The molecule has 1 N–H and O–H groups in total. The smallest absolute Gasteiger partial charge is 0.412 e. The van der Waals surface area contributed by atoms with E-state index in [1.165, 1.54) is 11.1 Å². The topological polar surface area (TPSA) is 38.3 Å². The number of hydrogen-bond acceptors (Lipinski definition) is 2. The third-order valence-corrected chi connectivity index (χ3v) is 6.24. The van der Waals surface area contributed by atoms with Gasteiger partial charge in [-0.05, 0) is 53.8 Å². The molecule has 3 nitrogen and oxygen atoms in total. The number of anilines is 1. The molecule has 0 heterocycles. The average Bonchev–Trinajstić information content (AvgIpc) is 3.17. The minimum absolute atomic E-state index is 0.320. The number of hydrogen-bond donors (Lipinski definition) is 1. The van der Waals surface area contributed by atoms with E-state index in [1.54, 1.807) is 0 Å². The molecule has 152 valence electrons. The van der Waals surface area contributed by atoms with Crippen LogP contribution in [0.2, 0.25) is 0 Å². The Morgan fingerprint density at radius 1 is 0.967 bits per heavy atom. The second-order valence-corrected chi connectivity index (χ2v) is 8.68. The van der Waals surface area contributed by atoms with Gasteiger partial charge >= 0.3 is 6.09 Å². The molecule has 3 aromatic carbocycles. The van der Waals surface area contributed by atoms with Crippen molar-refractivity contribution in [3.8, 4) is 0 Å². The first-order valence-electron chi connectivity index (χ1n) is 10.1. The number of carbonyl (C=O) groups is 1. The Morgan fingerprint density at radius 3 is 2.27 bits per heavy atom.